The SMILES string of the molecule is O=C(NC1(C(=O)O)CCOC1)c1cc(Br)ccc1Br. The van der Waals surface area contributed by atoms with E-state index in [0.717, 1.165) is 4.47 Å². The highest BCUT2D eigenvalue weighted by Crippen LogP contribution is 2.24. The summed E-state index contributed by atoms with van der Waals surface area (Å²) < 4.78 is 6.44. The number of halogens is 2. The van der Waals surface area contributed by atoms with Crippen LogP contribution >= 0.6 is 31.9 Å². The van der Waals surface area contributed by atoms with E-state index in [2.05, 4.69) is 37.2 Å². The first-order valence-electron chi connectivity index (χ1n) is 5.53. The third-order valence-electron chi connectivity index (χ3n) is 2.96. The largest absolute Gasteiger partial charge is 0.479 e. The highest BCUT2D eigenvalue weighted by atomic mass is 79.9. The average Bonchev–Trinajstić information content (AvgIpc) is 2.82. The second kappa shape index (κ2) is 5.60. The maximum atomic E-state index is 12.2. The third kappa shape index (κ3) is 2.98. The Kier molecular flexibility index (Phi) is 4.27. The molecule has 19 heavy (non-hydrogen) atoms. The van der Waals surface area contributed by atoms with Crippen molar-refractivity contribution in [3.63, 3.8) is 0 Å². The fourth-order valence-corrected chi connectivity index (χ4v) is 2.63. The van der Waals surface area contributed by atoms with Crippen molar-refractivity contribution in [1.82, 2.24) is 5.32 Å². The Morgan fingerprint density at radius 3 is 2.68 bits per heavy atom. The quantitative estimate of drug-likeness (QED) is 0.826. The number of hydrogen-bond acceptors (Lipinski definition) is 3. The van der Waals surface area contributed by atoms with Gasteiger partial charge < -0.3 is 15.2 Å². The molecule has 1 atom stereocenters. The van der Waals surface area contributed by atoms with Crippen LogP contribution in [0.25, 0.3) is 0 Å². The topological polar surface area (TPSA) is 75.6 Å². The second-order valence-corrected chi connectivity index (χ2v) is 6.04. The highest BCUT2D eigenvalue weighted by molar-refractivity contribution is 9.11. The molecule has 1 aliphatic heterocycles. The van der Waals surface area contributed by atoms with Crippen molar-refractivity contribution in [2.75, 3.05) is 13.2 Å². The Labute approximate surface area is 126 Å². The zero-order chi connectivity index (χ0) is 14.0. The molecule has 0 aliphatic carbocycles. The van der Waals surface area contributed by atoms with Gasteiger partial charge >= 0.3 is 5.97 Å². The van der Waals surface area contributed by atoms with Gasteiger partial charge in [-0.05, 0) is 34.1 Å². The monoisotopic (exact) mass is 391 g/mol. The van der Waals surface area contributed by atoms with Crippen LogP contribution in [0.1, 0.15) is 16.8 Å². The second-order valence-electron chi connectivity index (χ2n) is 4.27. The molecule has 1 unspecified atom stereocenters. The van der Waals surface area contributed by atoms with Gasteiger partial charge in [-0.1, -0.05) is 15.9 Å². The summed E-state index contributed by atoms with van der Waals surface area (Å²) in [5, 5.41) is 11.8. The number of carbonyl (C=O) groups excluding carboxylic acids is 1. The summed E-state index contributed by atoms with van der Waals surface area (Å²) in [7, 11) is 0. The molecule has 2 rings (SSSR count). The number of carboxylic acids is 1. The van der Waals surface area contributed by atoms with Gasteiger partial charge in [-0.25, -0.2) is 4.79 Å². The van der Waals surface area contributed by atoms with E-state index in [1.807, 2.05) is 0 Å². The zero-order valence-electron chi connectivity index (χ0n) is 9.78. The minimum absolute atomic E-state index is 0.0142. The van der Waals surface area contributed by atoms with Crippen LogP contribution in [0.3, 0.4) is 0 Å². The molecule has 7 heteroatoms. The van der Waals surface area contributed by atoms with Crippen LogP contribution in [0.15, 0.2) is 27.1 Å². The van der Waals surface area contributed by atoms with Gasteiger partial charge in [-0.3, -0.25) is 4.79 Å². The van der Waals surface area contributed by atoms with Crippen LogP contribution < -0.4 is 5.32 Å². The van der Waals surface area contributed by atoms with Crippen LogP contribution in [0.2, 0.25) is 0 Å². The average molecular weight is 393 g/mol. The number of ether oxygens (including phenoxy) is 1. The fourth-order valence-electron chi connectivity index (χ4n) is 1.84. The Morgan fingerprint density at radius 2 is 2.11 bits per heavy atom. The van der Waals surface area contributed by atoms with Crippen molar-refractivity contribution in [2.45, 2.75) is 12.0 Å². The lowest BCUT2D eigenvalue weighted by atomic mass is 9.98. The molecule has 2 N–H and O–H groups in total. The summed E-state index contributed by atoms with van der Waals surface area (Å²) in [6.45, 7) is 0.311. The number of benzene rings is 1. The molecule has 1 heterocycles. The van der Waals surface area contributed by atoms with Gasteiger partial charge in [-0.2, -0.15) is 0 Å². The van der Waals surface area contributed by atoms with Gasteiger partial charge in [-0.15, -0.1) is 0 Å². The molecule has 102 valence electrons. The van der Waals surface area contributed by atoms with Crippen molar-refractivity contribution < 1.29 is 19.4 Å². The molecule has 5 nitrogen and oxygen atoms in total. The summed E-state index contributed by atoms with van der Waals surface area (Å²) in [6, 6.07) is 5.13. The van der Waals surface area contributed by atoms with Gasteiger partial charge in [0.1, 0.15) is 0 Å². The number of amides is 1. The molecule has 0 aromatic heterocycles. The first-order valence-corrected chi connectivity index (χ1v) is 7.12. The van der Waals surface area contributed by atoms with Gasteiger partial charge in [0.15, 0.2) is 5.54 Å². The van der Waals surface area contributed by atoms with Crippen molar-refractivity contribution in [1.29, 1.82) is 0 Å². The van der Waals surface area contributed by atoms with Crippen molar-refractivity contribution in [3.05, 3.63) is 32.7 Å². The Balaban J connectivity index is 2.25. The Bertz CT molecular complexity index is 526. The van der Waals surface area contributed by atoms with Crippen molar-refractivity contribution in [3.8, 4) is 0 Å². The molecule has 0 spiro atoms. The van der Waals surface area contributed by atoms with Gasteiger partial charge in [0.2, 0.25) is 0 Å². The van der Waals surface area contributed by atoms with Crippen molar-refractivity contribution in [2.24, 2.45) is 0 Å². The van der Waals surface area contributed by atoms with Crippen LogP contribution in [-0.2, 0) is 9.53 Å². The minimum Gasteiger partial charge on any atom is -0.479 e. The number of aliphatic carboxylic acids is 1. The van der Waals surface area contributed by atoms with Gasteiger partial charge in [0, 0.05) is 22.0 Å². The van der Waals surface area contributed by atoms with E-state index >= 15 is 0 Å². The first-order chi connectivity index (χ1) is 8.94. The van der Waals surface area contributed by atoms with E-state index in [4.69, 9.17) is 4.74 Å². The van der Waals surface area contributed by atoms with E-state index in [0.29, 0.717) is 16.6 Å². The molecule has 0 bridgehead atoms. The van der Waals surface area contributed by atoms with Gasteiger partial charge in [0.05, 0.1) is 12.2 Å². The van der Waals surface area contributed by atoms with E-state index in [1.54, 1.807) is 18.2 Å². The summed E-state index contributed by atoms with van der Waals surface area (Å²) in [6.07, 6.45) is 0.264. The van der Waals surface area contributed by atoms with E-state index in [9.17, 15) is 14.7 Å². The molecule has 1 aliphatic rings. The Morgan fingerprint density at radius 1 is 1.37 bits per heavy atom. The molecule has 1 fully saturated rings. The minimum atomic E-state index is -1.33. The lowest BCUT2D eigenvalue weighted by Crippen LogP contribution is -2.55. The smallest absolute Gasteiger partial charge is 0.331 e. The van der Waals surface area contributed by atoms with Crippen molar-refractivity contribution >= 4 is 43.7 Å². The lowest BCUT2D eigenvalue weighted by molar-refractivity contribution is -0.144. The molecule has 1 saturated heterocycles. The molecular formula is C12H11Br2NO4. The molecule has 0 saturated carbocycles. The van der Waals surface area contributed by atoms with E-state index in [-0.39, 0.29) is 13.0 Å². The highest BCUT2D eigenvalue weighted by Gasteiger charge is 2.44. The molecule has 1 amide bonds. The molecule has 0 radical (unpaired) electrons. The lowest BCUT2D eigenvalue weighted by Gasteiger charge is -2.24. The molecule has 1 aromatic rings. The van der Waals surface area contributed by atoms with E-state index < -0.39 is 17.4 Å². The molecule has 1 aromatic carbocycles. The third-order valence-corrected chi connectivity index (χ3v) is 4.14. The number of hydrogen-bond donors (Lipinski definition) is 2. The summed E-state index contributed by atoms with van der Waals surface area (Å²) in [5.41, 5.74) is -0.958. The summed E-state index contributed by atoms with van der Waals surface area (Å²) in [5.74, 6) is -1.52. The summed E-state index contributed by atoms with van der Waals surface area (Å²) >= 11 is 6.55. The first kappa shape index (κ1) is 14.5. The van der Waals surface area contributed by atoms with Crippen LogP contribution in [0, 0.1) is 0 Å². The van der Waals surface area contributed by atoms with Crippen LogP contribution in [-0.4, -0.2) is 35.7 Å². The Hall–Kier alpha value is -0.920. The van der Waals surface area contributed by atoms with Crippen LogP contribution in [0.4, 0.5) is 0 Å². The number of rotatable bonds is 3. The standard InChI is InChI=1S/C12H11Br2NO4/c13-7-1-2-9(14)8(5-7)10(16)15-12(11(17)18)3-4-19-6-12/h1-2,5H,3-4,6H2,(H,15,16)(H,17,18). The number of nitrogens with one attached hydrogen (secondary N) is 1. The maximum absolute atomic E-state index is 12.2. The predicted octanol–water partition coefficient (Wildman–Crippen LogP) is 2.19. The number of carbonyl (C=O) groups is 2. The predicted molar refractivity (Wildman–Crippen MR) is 75.1 cm³/mol. The summed E-state index contributed by atoms with van der Waals surface area (Å²) in [4.78, 5) is 23.5. The normalized spacial score (nSPS) is 22.2. The fraction of sp³-hybridized carbons (Fsp3) is 0.333. The van der Waals surface area contributed by atoms with Gasteiger partial charge in [0.25, 0.3) is 5.91 Å². The maximum Gasteiger partial charge on any atom is 0.331 e. The number of carboxylic acid groups (broad SMARTS) is 1. The zero-order valence-corrected chi connectivity index (χ0v) is 13.0. The molecular weight excluding hydrogens is 382 g/mol. The van der Waals surface area contributed by atoms with Crippen LogP contribution in [0.5, 0.6) is 0 Å². The van der Waals surface area contributed by atoms with E-state index in [1.165, 1.54) is 0 Å².